The highest BCUT2D eigenvalue weighted by Gasteiger charge is 2.30. The van der Waals surface area contributed by atoms with Crippen LogP contribution in [0.25, 0.3) is 6.08 Å². The highest BCUT2D eigenvalue weighted by atomic mass is 16.5. The minimum Gasteiger partial charge on any atom is -0.496 e. The van der Waals surface area contributed by atoms with Crippen LogP contribution in [0, 0.1) is 6.92 Å². The molecule has 0 saturated carbocycles. The van der Waals surface area contributed by atoms with E-state index in [9.17, 15) is 9.59 Å². The number of methoxy groups -OCH3 is 1. The maximum Gasteiger partial charge on any atom is 0.310 e. The highest BCUT2D eigenvalue weighted by molar-refractivity contribution is 6.15. The summed E-state index contributed by atoms with van der Waals surface area (Å²) in [5.74, 6) is 1.14. The molecule has 0 fully saturated rings. The lowest BCUT2D eigenvalue weighted by atomic mass is 10.1. The number of allylic oxidation sites excluding steroid dienone is 1. The Morgan fingerprint density at radius 1 is 1.16 bits per heavy atom. The zero-order chi connectivity index (χ0) is 18.0. The molecule has 0 N–H and O–H groups in total. The normalized spacial score (nSPS) is 14.2. The van der Waals surface area contributed by atoms with E-state index < -0.39 is 0 Å². The van der Waals surface area contributed by atoms with Gasteiger partial charge >= 0.3 is 5.97 Å². The molecule has 5 nitrogen and oxygen atoms in total. The van der Waals surface area contributed by atoms with Gasteiger partial charge in [0.25, 0.3) is 0 Å². The first-order chi connectivity index (χ1) is 12.0. The third kappa shape index (κ3) is 3.13. The van der Waals surface area contributed by atoms with Gasteiger partial charge in [0.15, 0.2) is 5.76 Å². The molecule has 128 valence electrons. The van der Waals surface area contributed by atoms with E-state index in [0.29, 0.717) is 28.4 Å². The molecule has 1 heterocycles. The summed E-state index contributed by atoms with van der Waals surface area (Å²) >= 11 is 0. The number of ether oxygens (including phenoxy) is 3. The Labute approximate surface area is 145 Å². The van der Waals surface area contributed by atoms with Crippen LogP contribution in [0.4, 0.5) is 0 Å². The summed E-state index contributed by atoms with van der Waals surface area (Å²) in [6.45, 7) is 3.48. The summed E-state index contributed by atoms with van der Waals surface area (Å²) in [4.78, 5) is 24.1. The van der Waals surface area contributed by atoms with Crippen molar-refractivity contribution in [1.82, 2.24) is 0 Å². The van der Waals surface area contributed by atoms with Gasteiger partial charge in [-0.05, 0) is 31.2 Å². The number of Topliss-reactive ketones (excluding diaryl/α,β-unsaturated/α-hetero) is 1. The third-order valence-corrected chi connectivity index (χ3v) is 3.97. The fourth-order valence-corrected chi connectivity index (χ4v) is 2.60. The Bertz CT molecular complexity index is 880. The lowest BCUT2D eigenvalue weighted by molar-refractivity contribution is -0.134. The standard InChI is InChI=1S/C20H18O5/c1-4-18(21)24-15-10-9-14-19(22)17(25-20(14)12(15)2)11-13-7-5-6-8-16(13)23-3/h5-11H,4H2,1-3H3/b17-11-. The zero-order valence-corrected chi connectivity index (χ0v) is 14.3. The number of rotatable bonds is 4. The van der Waals surface area contributed by atoms with Gasteiger partial charge in [0.1, 0.15) is 17.2 Å². The Morgan fingerprint density at radius 2 is 1.92 bits per heavy atom. The van der Waals surface area contributed by atoms with Gasteiger partial charge < -0.3 is 14.2 Å². The number of benzene rings is 2. The average molecular weight is 338 g/mol. The van der Waals surface area contributed by atoms with Crippen LogP contribution < -0.4 is 14.2 Å². The van der Waals surface area contributed by atoms with Crippen molar-refractivity contribution in [3.8, 4) is 17.2 Å². The second-order valence-corrected chi connectivity index (χ2v) is 5.57. The molecule has 1 aliphatic rings. The van der Waals surface area contributed by atoms with Crippen molar-refractivity contribution in [3.05, 3.63) is 58.8 Å². The number of ketones is 1. The monoisotopic (exact) mass is 338 g/mol. The smallest absolute Gasteiger partial charge is 0.310 e. The van der Waals surface area contributed by atoms with Gasteiger partial charge in [0.05, 0.1) is 12.7 Å². The van der Waals surface area contributed by atoms with Gasteiger partial charge in [-0.1, -0.05) is 25.1 Å². The van der Waals surface area contributed by atoms with Crippen LogP contribution in [-0.2, 0) is 4.79 Å². The van der Waals surface area contributed by atoms with Crippen molar-refractivity contribution in [2.24, 2.45) is 0 Å². The molecule has 2 aromatic rings. The topological polar surface area (TPSA) is 61.8 Å². The average Bonchev–Trinajstić information content (AvgIpc) is 2.94. The Morgan fingerprint density at radius 3 is 2.64 bits per heavy atom. The molecule has 0 atom stereocenters. The minimum absolute atomic E-state index is 0.210. The molecule has 25 heavy (non-hydrogen) atoms. The summed E-state index contributed by atoms with van der Waals surface area (Å²) in [5.41, 5.74) is 1.82. The number of para-hydroxylation sites is 1. The maximum absolute atomic E-state index is 12.6. The summed E-state index contributed by atoms with van der Waals surface area (Å²) in [6, 6.07) is 10.6. The summed E-state index contributed by atoms with van der Waals surface area (Å²) < 4.78 is 16.3. The van der Waals surface area contributed by atoms with Gasteiger partial charge in [0.2, 0.25) is 5.78 Å². The molecule has 2 aromatic carbocycles. The van der Waals surface area contributed by atoms with Crippen LogP contribution in [0.1, 0.15) is 34.8 Å². The molecule has 0 radical (unpaired) electrons. The molecule has 0 spiro atoms. The summed E-state index contributed by atoms with van der Waals surface area (Å²) in [5, 5.41) is 0. The molecular formula is C20H18O5. The van der Waals surface area contributed by atoms with E-state index >= 15 is 0 Å². The molecule has 0 aromatic heterocycles. The van der Waals surface area contributed by atoms with E-state index in [1.54, 1.807) is 39.2 Å². The predicted molar refractivity (Wildman–Crippen MR) is 93.0 cm³/mol. The van der Waals surface area contributed by atoms with Gasteiger partial charge in [-0.25, -0.2) is 0 Å². The molecule has 5 heteroatoms. The largest absolute Gasteiger partial charge is 0.496 e. The van der Waals surface area contributed by atoms with E-state index in [0.717, 1.165) is 5.56 Å². The fraction of sp³-hybridized carbons (Fsp3) is 0.200. The molecule has 1 aliphatic heterocycles. The predicted octanol–water partition coefficient (Wildman–Crippen LogP) is 3.94. The van der Waals surface area contributed by atoms with E-state index in [4.69, 9.17) is 14.2 Å². The van der Waals surface area contributed by atoms with E-state index in [1.165, 1.54) is 0 Å². The zero-order valence-electron chi connectivity index (χ0n) is 14.3. The summed E-state index contributed by atoms with van der Waals surface area (Å²) in [7, 11) is 1.57. The molecule has 0 bridgehead atoms. The van der Waals surface area contributed by atoms with Crippen LogP contribution in [0.15, 0.2) is 42.2 Å². The minimum atomic E-state index is -0.336. The SMILES string of the molecule is CCC(=O)Oc1ccc2c(c1C)O/C(=C\c1ccccc1OC)C2=O. The van der Waals surface area contributed by atoms with Gasteiger partial charge in [-0.3, -0.25) is 9.59 Å². The van der Waals surface area contributed by atoms with Crippen molar-refractivity contribution in [2.45, 2.75) is 20.3 Å². The second-order valence-electron chi connectivity index (χ2n) is 5.57. The van der Waals surface area contributed by atoms with Gasteiger partial charge in [-0.15, -0.1) is 0 Å². The molecule has 0 aliphatic carbocycles. The van der Waals surface area contributed by atoms with Crippen molar-refractivity contribution in [1.29, 1.82) is 0 Å². The van der Waals surface area contributed by atoms with Crippen molar-refractivity contribution in [3.63, 3.8) is 0 Å². The number of hydrogen-bond donors (Lipinski definition) is 0. The van der Waals surface area contributed by atoms with Crippen molar-refractivity contribution in [2.75, 3.05) is 7.11 Å². The van der Waals surface area contributed by atoms with Crippen LogP contribution in [0.5, 0.6) is 17.2 Å². The second kappa shape index (κ2) is 6.81. The number of fused-ring (bicyclic) bond motifs is 1. The maximum atomic E-state index is 12.6. The first-order valence-corrected chi connectivity index (χ1v) is 7.96. The quantitative estimate of drug-likeness (QED) is 0.480. The van der Waals surface area contributed by atoms with E-state index in [2.05, 4.69) is 0 Å². The Kier molecular flexibility index (Phi) is 4.57. The van der Waals surface area contributed by atoms with Crippen LogP contribution in [-0.4, -0.2) is 18.9 Å². The van der Waals surface area contributed by atoms with Crippen molar-refractivity contribution < 1.29 is 23.8 Å². The number of hydrogen-bond acceptors (Lipinski definition) is 5. The highest BCUT2D eigenvalue weighted by Crippen LogP contribution is 2.39. The van der Waals surface area contributed by atoms with Gasteiger partial charge in [0, 0.05) is 17.5 Å². The fourth-order valence-electron chi connectivity index (χ4n) is 2.60. The van der Waals surface area contributed by atoms with Crippen LogP contribution >= 0.6 is 0 Å². The van der Waals surface area contributed by atoms with Gasteiger partial charge in [-0.2, -0.15) is 0 Å². The number of carbonyl (C=O) groups is 2. The molecule has 0 unspecified atom stereocenters. The Hall–Kier alpha value is -3.08. The van der Waals surface area contributed by atoms with Crippen LogP contribution in [0.3, 0.4) is 0 Å². The lowest BCUT2D eigenvalue weighted by Crippen LogP contribution is -2.06. The third-order valence-electron chi connectivity index (χ3n) is 3.97. The van der Waals surface area contributed by atoms with E-state index in [-0.39, 0.29) is 23.9 Å². The Balaban J connectivity index is 1.97. The summed E-state index contributed by atoms with van der Waals surface area (Å²) in [6.07, 6.45) is 1.92. The first kappa shape index (κ1) is 16.8. The first-order valence-electron chi connectivity index (χ1n) is 7.96. The van der Waals surface area contributed by atoms with Crippen molar-refractivity contribution >= 4 is 17.8 Å². The van der Waals surface area contributed by atoms with Crippen LogP contribution in [0.2, 0.25) is 0 Å². The molecule has 0 amide bonds. The molecular weight excluding hydrogens is 320 g/mol. The lowest BCUT2D eigenvalue weighted by Gasteiger charge is -2.09. The number of carbonyl (C=O) groups excluding carboxylic acids is 2. The number of esters is 1. The van der Waals surface area contributed by atoms with E-state index in [1.807, 2.05) is 24.3 Å². The molecule has 0 saturated heterocycles. The molecule has 3 rings (SSSR count).